The van der Waals surface area contributed by atoms with Gasteiger partial charge in [0.15, 0.2) is 0 Å². The number of rotatable bonds is 62. The maximum Gasteiger partial charge on any atom is 0.128 e. The van der Waals surface area contributed by atoms with Crippen molar-refractivity contribution >= 4 is 22.7 Å². The van der Waals surface area contributed by atoms with Crippen LogP contribution >= 0.6 is 22.7 Å². The second kappa shape index (κ2) is 52.0. The van der Waals surface area contributed by atoms with Crippen LogP contribution in [0.3, 0.4) is 0 Å². The SMILES string of the molecule is CCCCCCCCCCCCCCCC(O)(CCCCCCCCCCCCCCC)c1ccsc1-c1cc(OC)c(-c2sccc2C(O)(CCCCCCCCCCCCCCC)CCCCCCCCCCCCCCC)cc1OC. The van der Waals surface area contributed by atoms with Crippen LogP contribution in [0.5, 0.6) is 11.5 Å². The lowest BCUT2D eigenvalue weighted by atomic mass is 9.82. The van der Waals surface area contributed by atoms with E-state index in [0.717, 1.165) is 94.9 Å². The predicted octanol–water partition coefficient (Wildman–Crippen LogP) is 27.5. The van der Waals surface area contributed by atoms with E-state index in [2.05, 4.69) is 62.7 Å². The van der Waals surface area contributed by atoms with Gasteiger partial charge in [0.1, 0.15) is 11.5 Å². The Morgan fingerprint density at radius 1 is 0.286 bits per heavy atom. The summed E-state index contributed by atoms with van der Waals surface area (Å²) in [5.74, 6) is 1.60. The Morgan fingerprint density at radius 3 is 0.643 bits per heavy atom. The topological polar surface area (TPSA) is 58.9 Å². The smallest absolute Gasteiger partial charge is 0.128 e. The van der Waals surface area contributed by atoms with Crippen molar-refractivity contribution in [1.82, 2.24) is 0 Å². The summed E-state index contributed by atoms with van der Waals surface area (Å²) in [6.45, 7) is 9.21. The van der Waals surface area contributed by atoms with E-state index in [-0.39, 0.29) is 0 Å². The van der Waals surface area contributed by atoms with Crippen molar-refractivity contribution in [3.8, 4) is 32.4 Å². The zero-order valence-corrected chi connectivity index (χ0v) is 58.2. The zero-order valence-electron chi connectivity index (χ0n) is 56.6. The summed E-state index contributed by atoms with van der Waals surface area (Å²) >= 11 is 3.45. The first-order chi connectivity index (χ1) is 41.3. The first kappa shape index (κ1) is 76.4. The molecule has 0 atom stereocenters. The number of hydrogen-bond acceptors (Lipinski definition) is 6. The molecule has 0 saturated heterocycles. The number of unbranched alkanes of at least 4 members (excludes halogenated alkanes) is 48. The van der Waals surface area contributed by atoms with Crippen molar-refractivity contribution in [2.45, 2.75) is 398 Å². The van der Waals surface area contributed by atoms with Crippen LogP contribution in [0.15, 0.2) is 35.0 Å². The second-order valence-corrected chi connectivity index (χ2v) is 28.4. The van der Waals surface area contributed by atoms with Crippen molar-refractivity contribution in [1.29, 1.82) is 0 Å². The normalized spacial score (nSPS) is 12.1. The van der Waals surface area contributed by atoms with Crippen LogP contribution < -0.4 is 9.47 Å². The number of aliphatic hydroxyl groups is 2. The van der Waals surface area contributed by atoms with Crippen LogP contribution in [-0.2, 0) is 11.2 Å². The van der Waals surface area contributed by atoms with E-state index in [1.165, 1.54) is 308 Å². The highest BCUT2D eigenvalue weighted by molar-refractivity contribution is 7.14. The highest BCUT2D eigenvalue weighted by atomic mass is 32.1. The fourth-order valence-electron chi connectivity index (χ4n) is 13.6. The van der Waals surface area contributed by atoms with Gasteiger partial charge in [0.25, 0.3) is 0 Å². The lowest BCUT2D eigenvalue weighted by Crippen LogP contribution is -2.26. The molecule has 0 amide bonds. The molecule has 6 heteroatoms. The van der Waals surface area contributed by atoms with E-state index in [4.69, 9.17) is 9.47 Å². The van der Waals surface area contributed by atoms with E-state index >= 15 is 0 Å². The van der Waals surface area contributed by atoms with Crippen molar-refractivity contribution in [3.05, 3.63) is 46.2 Å². The molecule has 4 nitrogen and oxygen atoms in total. The molecule has 0 aliphatic heterocycles. The molecule has 0 aliphatic rings. The summed E-state index contributed by atoms with van der Waals surface area (Å²) in [4.78, 5) is 2.19. The molecular formula is C78H138O4S2. The van der Waals surface area contributed by atoms with Crippen LogP contribution in [0.4, 0.5) is 0 Å². The molecule has 0 fully saturated rings. The minimum absolute atomic E-state index is 0.792. The van der Waals surface area contributed by atoms with Gasteiger partial charge in [-0.1, -0.05) is 362 Å². The first-order valence-electron chi connectivity index (χ1n) is 37.2. The molecule has 3 rings (SSSR count). The predicted molar refractivity (Wildman–Crippen MR) is 375 cm³/mol. The van der Waals surface area contributed by atoms with Crippen LogP contribution in [0.25, 0.3) is 20.9 Å². The average Bonchev–Trinajstić information content (AvgIpc) is 4.39. The Hall–Kier alpha value is -1.86. The fraction of sp³-hybridized carbons (Fsp3) is 0.821. The number of thiophene rings is 2. The first-order valence-corrected chi connectivity index (χ1v) is 39.0. The second-order valence-electron chi connectivity index (χ2n) is 26.6. The summed E-state index contributed by atoms with van der Waals surface area (Å²) in [6, 6.07) is 8.80. The Morgan fingerprint density at radius 2 is 0.464 bits per heavy atom. The van der Waals surface area contributed by atoms with Crippen LogP contribution in [0, 0.1) is 0 Å². The summed E-state index contributed by atoms with van der Waals surface area (Å²) in [6.07, 6.45) is 72.1. The van der Waals surface area contributed by atoms with Crippen molar-refractivity contribution < 1.29 is 19.7 Å². The Balaban J connectivity index is 1.77. The molecule has 1 aromatic carbocycles. The maximum atomic E-state index is 13.1. The largest absolute Gasteiger partial charge is 0.496 e. The molecule has 0 bridgehead atoms. The fourth-order valence-corrected chi connectivity index (χ4v) is 15.6. The number of ether oxygens (including phenoxy) is 2. The lowest BCUT2D eigenvalue weighted by molar-refractivity contribution is 0.0137. The number of methoxy groups -OCH3 is 2. The third-order valence-corrected chi connectivity index (χ3v) is 21.0. The third kappa shape index (κ3) is 33.6. The van der Waals surface area contributed by atoms with E-state index in [1.54, 1.807) is 36.9 Å². The van der Waals surface area contributed by atoms with Gasteiger partial charge in [-0.15, -0.1) is 22.7 Å². The molecule has 0 spiro atoms. The molecule has 2 N–H and O–H groups in total. The van der Waals surface area contributed by atoms with E-state index < -0.39 is 11.2 Å². The standard InChI is InChI=1S/C78H138O4S2/c1-7-11-15-19-23-27-31-35-39-43-47-51-55-61-77(79,62-56-52-48-44-40-36-32-28-24-20-16-12-8-2)71-59-65-83-75(71)69-67-74(82-6)70(68-73(69)81-5)76-72(60-66-84-76)78(80,63-57-53-49-45-41-37-33-29-25-21-17-13-9-3)64-58-54-50-46-42-38-34-30-26-22-18-14-10-4/h59-60,65-68,79-80H,7-58,61-64H2,1-6H3. The van der Waals surface area contributed by atoms with Gasteiger partial charge >= 0.3 is 0 Å². The molecule has 0 radical (unpaired) electrons. The molecule has 84 heavy (non-hydrogen) atoms. The van der Waals surface area contributed by atoms with Crippen LogP contribution in [0.2, 0.25) is 0 Å². The number of benzene rings is 1. The molecular weight excluding hydrogens is 1060 g/mol. The van der Waals surface area contributed by atoms with Gasteiger partial charge in [-0.25, -0.2) is 0 Å². The molecule has 486 valence electrons. The summed E-state index contributed by atoms with van der Waals surface area (Å²) in [5.41, 5.74) is 2.29. The summed E-state index contributed by atoms with van der Waals surface area (Å²) in [5, 5.41) is 30.5. The highest BCUT2D eigenvalue weighted by Gasteiger charge is 2.35. The van der Waals surface area contributed by atoms with Gasteiger partial charge < -0.3 is 19.7 Å². The van der Waals surface area contributed by atoms with E-state index in [0.29, 0.717) is 0 Å². The van der Waals surface area contributed by atoms with E-state index in [1.807, 2.05) is 0 Å². The van der Waals surface area contributed by atoms with E-state index in [9.17, 15) is 10.2 Å². The van der Waals surface area contributed by atoms with Crippen molar-refractivity contribution in [2.24, 2.45) is 0 Å². The summed E-state index contributed by atoms with van der Waals surface area (Å²) < 4.78 is 12.8. The van der Waals surface area contributed by atoms with Gasteiger partial charge in [-0.3, -0.25) is 0 Å². The Kier molecular flexibility index (Phi) is 47.3. The van der Waals surface area contributed by atoms with Gasteiger partial charge in [0, 0.05) is 32.0 Å². The molecule has 2 heterocycles. The monoisotopic (exact) mass is 1200 g/mol. The number of hydrogen-bond donors (Lipinski definition) is 2. The quantitative estimate of drug-likeness (QED) is 0.0553. The van der Waals surface area contributed by atoms with Crippen molar-refractivity contribution in [2.75, 3.05) is 14.2 Å². The maximum absolute atomic E-state index is 13.1. The van der Waals surface area contributed by atoms with Gasteiger partial charge in [0.2, 0.25) is 0 Å². The molecule has 2 aromatic heterocycles. The lowest BCUT2D eigenvalue weighted by Gasteiger charge is -2.31. The Bertz CT molecular complexity index is 1720. The van der Waals surface area contributed by atoms with Gasteiger partial charge in [-0.05, 0) is 60.7 Å². The molecule has 0 unspecified atom stereocenters. The minimum Gasteiger partial charge on any atom is -0.496 e. The summed E-state index contributed by atoms with van der Waals surface area (Å²) in [7, 11) is 3.59. The highest BCUT2D eigenvalue weighted by Crippen LogP contribution is 2.51. The van der Waals surface area contributed by atoms with Crippen LogP contribution in [0.1, 0.15) is 398 Å². The van der Waals surface area contributed by atoms with Gasteiger partial charge in [0.05, 0.1) is 25.4 Å². The third-order valence-electron chi connectivity index (χ3n) is 19.1. The van der Waals surface area contributed by atoms with Gasteiger partial charge in [-0.2, -0.15) is 0 Å². The van der Waals surface area contributed by atoms with Crippen LogP contribution in [-0.4, -0.2) is 24.4 Å². The van der Waals surface area contributed by atoms with Crippen molar-refractivity contribution in [3.63, 3.8) is 0 Å². The minimum atomic E-state index is -0.902. The molecule has 3 aromatic rings. The average molecular weight is 1200 g/mol. The Labute approximate surface area is 530 Å². The zero-order chi connectivity index (χ0) is 60.3. The molecule has 0 saturated carbocycles. The molecule has 0 aliphatic carbocycles.